The van der Waals surface area contributed by atoms with Gasteiger partial charge in [0.15, 0.2) is 11.5 Å². The number of allylic oxidation sites excluding steroid dienone is 4. The molecule has 0 radical (unpaired) electrons. The van der Waals surface area contributed by atoms with Gasteiger partial charge >= 0.3 is 0 Å². The van der Waals surface area contributed by atoms with Gasteiger partial charge in [-0.15, -0.1) is 0 Å². The minimum atomic E-state index is 0.0759. The van der Waals surface area contributed by atoms with E-state index in [1.165, 1.54) is 0 Å². The van der Waals surface area contributed by atoms with Gasteiger partial charge in [-0.2, -0.15) is 4.98 Å². The topological polar surface area (TPSA) is 104 Å². The zero-order valence-electron chi connectivity index (χ0n) is 12.7. The van der Waals surface area contributed by atoms with Crippen LogP contribution >= 0.6 is 0 Å². The highest BCUT2D eigenvalue weighted by Gasteiger charge is 2.20. The van der Waals surface area contributed by atoms with Gasteiger partial charge in [0.25, 0.3) is 0 Å². The summed E-state index contributed by atoms with van der Waals surface area (Å²) in [5, 5.41) is 4.02. The van der Waals surface area contributed by atoms with E-state index < -0.39 is 0 Å². The number of nitrogen functional groups attached to an aromatic ring is 1. The molecule has 3 aromatic rings. The summed E-state index contributed by atoms with van der Waals surface area (Å²) in [4.78, 5) is 17.2. The summed E-state index contributed by atoms with van der Waals surface area (Å²) in [5.41, 5.74) is 7.85. The summed E-state index contributed by atoms with van der Waals surface area (Å²) in [7, 11) is 0. The number of hydrogen-bond donors (Lipinski definition) is 1. The van der Waals surface area contributed by atoms with Crippen LogP contribution in [0, 0.1) is 0 Å². The highest BCUT2D eigenvalue weighted by molar-refractivity contribution is 5.68. The number of nitrogens with two attached hydrogens (primary N) is 1. The van der Waals surface area contributed by atoms with E-state index in [4.69, 9.17) is 10.3 Å². The van der Waals surface area contributed by atoms with E-state index in [1.807, 2.05) is 30.4 Å². The summed E-state index contributed by atoms with van der Waals surface area (Å²) in [5.74, 6) is 1.21. The molecule has 1 aliphatic carbocycles. The highest BCUT2D eigenvalue weighted by Crippen LogP contribution is 2.27. The standard InChI is InChI=1S/C17H14N6O/c18-15-14(21-13(10-20-15)12-7-4-8-19-9-12)16-22-17(24-23-16)11-5-2-1-3-6-11/h1-5,7-11H,6H2,(H2,18,20). The van der Waals surface area contributed by atoms with E-state index in [9.17, 15) is 0 Å². The Morgan fingerprint density at radius 1 is 1.17 bits per heavy atom. The van der Waals surface area contributed by atoms with Crippen LogP contribution in [0.1, 0.15) is 18.2 Å². The van der Waals surface area contributed by atoms with Crippen molar-refractivity contribution in [2.75, 3.05) is 5.73 Å². The van der Waals surface area contributed by atoms with Gasteiger partial charge in [0.1, 0.15) is 0 Å². The molecule has 1 atom stereocenters. The number of hydrogen-bond acceptors (Lipinski definition) is 7. The van der Waals surface area contributed by atoms with Crippen LogP contribution in [-0.2, 0) is 0 Å². The maximum absolute atomic E-state index is 5.95. The molecular formula is C17H14N6O. The van der Waals surface area contributed by atoms with Crippen LogP contribution in [0.25, 0.3) is 22.8 Å². The second-order valence-corrected chi connectivity index (χ2v) is 5.34. The van der Waals surface area contributed by atoms with Crippen LogP contribution in [0.5, 0.6) is 0 Å². The number of pyridine rings is 1. The van der Waals surface area contributed by atoms with Crippen LogP contribution < -0.4 is 5.73 Å². The monoisotopic (exact) mass is 318 g/mol. The van der Waals surface area contributed by atoms with Crippen LogP contribution in [0.4, 0.5) is 5.82 Å². The van der Waals surface area contributed by atoms with Crippen molar-refractivity contribution in [2.45, 2.75) is 12.3 Å². The van der Waals surface area contributed by atoms with Gasteiger partial charge in [-0.05, 0) is 18.6 Å². The number of aromatic nitrogens is 5. The maximum atomic E-state index is 5.95. The van der Waals surface area contributed by atoms with Crippen molar-refractivity contribution in [3.63, 3.8) is 0 Å². The van der Waals surface area contributed by atoms with Gasteiger partial charge < -0.3 is 10.3 Å². The lowest BCUT2D eigenvalue weighted by molar-refractivity contribution is 0.368. The minimum absolute atomic E-state index is 0.0759. The zero-order chi connectivity index (χ0) is 16.4. The summed E-state index contributed by atoms with van der Waals surface area (Å²) in [6.45, 7) is 0. The Kier molecular flexibility index (Phi) is 3.59. The zero-order valence-corrected chi connectivity index (χ0v) is 12.7. The van der Waals surface area contributed by atoms with Crippen molar-refractivity contribution in [3.05, 3.63) is 60.9 Å². The Morgan fingerprint density at radius 3 is 2.92 bits per heavy atom. The SMILES string of the molecule is Nc1ncc(-c2cccnc2)nc1-c1noc(C2C=CC=CC2)n1. The van der Waals surface area contributed by atoms with Crippen LogP contribution in [0.3, 0.4) is 0 Å². The molecule has 118 valence electrons. The second kappa shape index (κ2) is 6.04. The molecule has 0 saturated carbocycles. The molecule has 7 nitrogen and oxygen atoms in total. The van der Waals surface area contributed by atoms with E-state index in [2.05, 4.69) is 31.2 Å². The molecule has 0 aromatic carbocycles. The molecule has 1 unspecified atom stereocenters. The predicted octanol–water partition coefficient (Wildman–Crippen LogP) is 2.77. The van der Waals surface area contributed by atoms with Crippen molar-refractivity contribution in [1.82, 2.24) is 25.1 Å². The average Bonchev–Trinajstić information content (AvgIpc) is 3.13. The molecule has 0 spiro atoms. The lowest BCUT2D eigenvalue weighted by Crippen LogP contribution is -2.01. The van der Waals surface area contributed by atoms with Crippen molar-refractivity contribution < 1.29 is 4.52 Å². The molecule has 7 heteroatoms. The van der Waals surface area contributed by atoms with Crippen molar-refractivity contribution in [2.24, 2.45) is 0 Å². The largest absolute Gasteiger partial charge is 0.382 e. The Morgan fingerprint density at radius 2 is 2.12 bits per heavy atom. The Balaban J connectivity index is 1.70. The first kappa shape index (κ1) is 14.3. The minimum Gasteiger partial charge on any atom is -0.382 e. The molecular weight excluding hydrogens is 304 g/mol. The number of anilines is 1. The van der Waals surface area contributed by atoms with Crippen LogP contribution in [0.2, 0.25) is 0 Å². The van der Waals surface area contributed by atoms with Gasteiger partial charge in [-0.3, -0.25) is 4.98 Å². The lowest BCUT2D eigenvalue weighted by Gasteiger charge is -2.06. The molecule has 0 aliphatic heterocycles. The molecule has 24 heavy (non-hydrogen) atoms. The predicted molar refractivity (Wildman–Crippen MR) is 88.6 cm³/mol. The lowest BCUT2D eigenvalue weighted by atomic mass is 10.0. The van der Waals surface area contributed by atoms with Crippen molar-refractivity contribution in [3.8, 4) is 22.8 Å². The van der Waals surface area contributed by atoms with E-state index in [0.29, 0.717) is 23.1 Å². The smallest absolute Gasteiger partial charge is 0.234 e. The van der Waals surface area contributed by atoms with Gasteiger partial charge in [0.05, 0.1) is 17.8 Å². The normalized spacial score (nSPS) is 16.4. The summed E-state index contributed by atoms with van der Waals surface area (Å²) < 4.78 is 5.38. The first-order chi connectivity index (χ1) is 11.8. The molecule has 0 saturated heterocycles. The average molecular weight is 318 g/mol. The Bertz CT molecular complexity index is 916. The molecule has 1 aliphatic rings. The van der Waals surface area contributed by atoms with E-state index in [0.717, 1.165) is 12.0 Å². The third-order valence-electron chi connectivity index (χ3n) is 3.71. The maximum Gasteiger partial charge on any atom is 0.234 e. The summed E-state index contributed by atoms with van der Waals surface area (Å²) >= 11 is 0. The van der Waals surface area contributed by atoms with E-state index in [1.54, 1.807) is 18.6 Å². The third-order valence-corrected chi connectivity index (χ3v) is 3.71. The van der Waals surface area contributed by atoms with Crippen LogP contribution in [0.15, 0.2) is 59.6 Å². The second-order valence-electron chi connectivity index (χ2n) is 5.34. The van der Waals surface area contributed by atoms with E-state index in [-0.39, 0.29) is 11.7 Å². The van der Waals surface area contributed by atoms with Gasteiger partial charge in [0, 0.05) is 18.0 Å². The fraction of sp³-hybridized carbons (Fsp3) is 0.118. The van der Waals surface area contributed by atoms with Gasteiger partial charge in [0.2, 0.25) is 11.7 Å². The molecule has 3 aromatic heterocycles. The van der Waals surface area contributed by atoms with Crippen molar-refractivity contribution >= 4 is 5.82 Å². The fourth-order valence-corrected chi connectivity index (χ4v) is 2.46. The Hall–Kier alpha value is -3.35. The van der Waals surface area contributed by atoms with Gasteiger partial charge in [-0.1, -0.05) is 29.5 Å². The molecule has 0 fully saturated rings. The fourth-order valence-electron chi connectivity index (χ4n) is 2.46. The molecule has 4 rings (SSSR count). The number of rotatable bonds is 3. The van der Waals surface area contributed by atoms with E-state index >= 15 is 0 Å². The quantitative estimate of drug-likeness (QED) is 0.791. The molecule has 0 bridgehead atoms. The first-order valence-corrected chi connectivity index (χ1v) is 7.51. The third kappa shape index (κ3) is 2.67. The Labute approximate surface area is 138 Å². The number of nitrogens with zero attached hydrogens (tertiary/aromatic N) is 5. The van der Waals surface area contributed by atoms with Crippen LogP contribution in [-0.4, -0.2) is 25.1 Å². The molecule has 0 amide bonds. The molecule has 2 N–H and O–H groups in total. The highest BCUT2D eigenvalue weighted by atomic mass is 16.5. The molecule has 3 heterocycles. The first-order valence-electron chi connectivity index (χ1n) is 7.51. The van der Waals surface area contributed by atoms with Gasteiger partial charge in [-0.25, -0.2) is 9.97 Å². The summed E-state index contributed by atoms with van der Waals surface area (Å²) in [6.07, 6.45) is 13.9. The summed E-state index contributed by atoms with van der Waals surface area (Å²) in [6, 6.07) is 3.74. The van der Waals surface area contributed by atoms with Crippen molar-refractivity contribution in [1.29, 1.82) is 0 Å².